The van der Waals surface area contributed by atoms with Gasteiger partial charge < -0.3 is 13.9 Å². The second-order valence-corrected chi connectivity index (χ2v) is 4.80. The lowest BCUT2D eigenvalue weighted by molar-refractivity contribution is 0.0875. The smallest absolute Gasteiger partial charge is 0.324 e. The maximum Gasteiger partial charge on any atom is 0.324 e. The molecule has 0 aromatic heterocycles. The molecular formula is C4H9O3PS. The summed E-state index contributed by atoms with van der Waals surface area (Å²) in [7, 11) is 0. The first-order chi connectivity index (χ1) is 4.10. The SMILES string of the molecule is C[C@@H]1CCOP(O)(=S)O1. The van der Waals surface area contributed by atoms with E-state index in [1.165, 1.54) is 0 Å². The topological polar surface area (TPSA) is 38.7 Å². The third kappa shape index (κ3) is 2.32. The molecule has 0 aromatic carbocycles. The van der Waals surface area contributed by atoms with Crippen molar-refractivity contribution in [2.24, 2.45) is 0 Å². The van der Waals surface area contributed by atoms with Crippen molar-refractivity contribution in [1.29, 1.82) is 0 Å². The summed E-state index contributed by atoms with van der Waals surface area (Å²) in [5.41, 5.74) is 0. The minimum atomic E-state index is -2.81. The van der Waals surface area contributed by atoms with E-state index in [1.54, 1.807) is 0 Å². The maximum absolute atomic E-state index is 9.03. The molecule has 1 aliphatic heterocycles. The van der Waals surface area contributed by atoms with E-state index in [4.69, 9.17) is 13.9 Å². The minimum Gasteiger partial charge on any atom is -0.324 e. The van der Waals surface area contributed by atoms with E-state index in [9.17, 15) is 0 Å². The molecule has 0 saturated carbocycles. The first kappa shape index (κ1) is 7.63. The normalized spacial score (nSPS) is 44.9. The van der Waals surface area contributed by atoms with Gasteiger partial charge in [0.25, 0.3) is 0 Å². The van der Waals surface area contributed by atoms with Gasteiger partial charge in [-0.05, 0) is 25.2 Å². The van der Waals surface area contributed by atoms with Crippen LogP contribution < -0.4 is 0 Å². The van der Waals surface area contributed by atoms with Gasteiger partial charge in [-0.2, -0.15) is 0 Å². The van der Waals surface area contributed by atoms with E-state index in [0.717, 1.165) is 6.42 Å². The molecule has 1 heterocycles. The van der Waals surface area contributed by atoms with E-state index in [0.29, 0.717) is 6.61 Å². The molecule has 5 heteroatoms. The lowest BCUT2D eigenvalue weighted by Crippen LogP contribution is -2.16. The first-order valence-corrected chi connectivity index (χ1v) is 5.35. The molecule has 0 bridgehead atoms. The summed E-state index contributed by atoms with van der Waals surface area (Å²) in [6.45, 7) is -0.412. The van der Waals surface area contributed by atoms with Crippen LogP contribution in [0.2, 0.25) is 0 Å². The van der Waals surface area contributed by atoms with Gasteiger partial charge in [0, 0.05) is 0 Å². The lowest BCUT2D eigenvalue weighted by Gasteiger charge is -2.25. The molecule has 2 atom stereocenters. The molecule has 1 unspecified atom stereocenters. The Bertz CT molecular complexity index is 149. The molecule has 54 valence electrons. The van der Waals surface area contributed by atoms with Crippen LogP contribution in [0.3, 0.4) is 0 Å². The number of rotatable bonds is 0. The number of hydrogen-bond acceptors (Lipinski definition) is 3. The monoisotopic (exact) mass is 168 g/mol. The van der Waals surface area contributed by atoms with Gasteiger partial charge in [-0.1, -0.05) is 0 Å². The van der Waals surface area contributed by atoms with Crippen LogP contribution in [0.15, 0.2) is 0 Å². The Kier molecular flexibility index (Phi) is 2.24. The molecule has 0 spiro atoms. The maximum atomic E-state index is 9.03. The standard InChI is InChI=1S/C4H9O3PS/c1-4-2-3-6-8(5,9)7-4/h4H,2-3H2,1H3,(H,5,9)/t4-,8?/m1/s1. The van der Waals surface area contributed by atoms with Gasteiger partial charge in [-0.15, -0.1) is 0 Å². The third-order valence-electron chi connectivity index (χ3n) is 1.09. The molecule has 0 radical (unpaired) electrons. The highest BCUT2D eigenvalue weighted by Crippen LogP contribution is 2.48. The molecular weight excluding hydrogens is 159 g/mol. The zero-order valence-electron chi connectivity index (χ0n) is 5.11. The number of hydrogen-bond donors (Lipinski definition) is 1. The van der Waals surface area contributed by atoms with Gasteiger partial charge in [-0.25, -0.2) is 0 Å². The van der Waals surface area contributed by atoms with Gasteiger partial charge >= 0.3 is 6.72 Å². The summed E-state index contributed by atoms with van der Waals surface area (Å²) in [6, 6.07) is 0. The molecule has 1 N–H and O–H groups in total. The Morgan fingerprint density at radius 3 is 2.78 bits per heavy atom. The van der Waals surface area contributed by atoms with Crippen LogP contribution in [0.1, 0.15) is 13.3 Å². The molecule has 1 saturated heterocycles. The van der Waals surface area contributed by atoms with Crippen LogP contribution in [0.4, 0.5) is 0 Å². The molecule has 0 aromatic rings. The Hall–Kier alpha value is 0.530. The fourth-order valence-corrected chi connectivity index (χ4v) is 2.27. The van der Waals surface area contributed by atoms with Crippen molar-refractivity contribution in [2.75, 3.05) is 6.61 Å². The van der Waals surface area contributed by atoms with E-state index >= 15 is 0 Å². The second-order valence-electron chi connectivity index (χ2n) is 2.01. The highest BCUT2D eigenvalue weighted by atomic mass is 32.5. The Morgan fingerprint density at radius 1 is 1.78 bits per heavy atom. The third-order valence-corrected chi connectivity index (χ3v) is 2.80. The molecule has 0 aliphatic carbocycles. The molecule has 1 fully saturated rings. The van der Waals surface area contributed by atoms with Crippen molar-refractivity contribution in [1.82, 2.24) is 0 Å². The molecule has 3 nitrogen and oxygen atoms in total. The summed E-state index contributed by atoms with van der Waals surface area (Å²) in [4.78, 5) is 9.03. The minimum absolute atomic E-state index is 0.0505. The van der Waals surface area contributed by atoms with E-state index in [1.807, 2.05) is 6.92 Å². The van der Waals surface area contributed by atoms with Crippen molar-refractivity contribution >= 4 is 18.5 Å². The average Bonchev–Trinajstić information content (AvgIpc) is 1.60. The highest BCUT2D eigenvalue weighted by molar-refractivity contribution is 8.07. The van der Waals surface area contributed by atoms with Crippen molar-refractivity contribution in [3.8, 4) is 0 Å². The van der Waals surface area contributed by atoms with Crippen molar-refractivity contribution in [3.63, 3.8) is 0 Å². The van der Waals surface area contributed by atoms with Gasteiger partial charge in [0.05, 0.1) is 12.7 Å². The lowest BCUT2D eigenvalue weighted by atomic mass is 10.3. The molecule has 0 amide bonds. The summed E-state index contributed by atoms with van der Waals surface area (Å²) in [6.07, 6.45) is 0.869. The summed E-state index contributed by atoms with van der Waals surface area (Å²) in [5.74, 6) is 0. The van der Waals surface area contributed by atoms with Crippen LogP contribution in [-0.2, 0) is 20.9 Å². The molecule has 1 rings (SSSR count). The highest BCUT2D eigenvalue weighted by Gasteiger charge is 2.23. The zero-order valence-corrected chi connectivity index (χ0v) is 6.82. The van der Waals surface area contributed by atoms with E-state index in [-0.39, 0.29) is 6.10 Å². The van der Waals surface area contributed by atoms with Crippen molar-refractivity contribution in [2.45, 2.75) is 19.4 Å². The van der Waals surface area contributed by atoms with Crippen LogP contribution in [0.25, 0.3) is 0 Å². The van der Waals surface area contributed by atoms with Gasteiger partial charge in [0.1, 0.15) is 0 Å². The predicted molar refractivity (Wildman–Crippen MR) is 37.6 cm³/mol. The largest absolute Gasteiger partial charge is 0.324 e. The fourth-order valence-electron chi connectivity index (χ4n) is 0.645. The van der Waals surface area contributed by atoms with E-state index in [2.05, 4.69) is 11.8 Å². The zero-order chi connectivity index (χ0) is 6.91. The summed E-state index contributed by atoms with van der Waals surface area (Å²) in [5, 5.41) is 0. The Morgan fingerprint density at radius 2 is 2.44 bits per heavy atom. The van der Waals surface area contributed by atoms with Gasteiger partial charge in [0.2, 0.25) is 0 Å². The first-order valence-electron chi connectivity index (χ1n) is 2.76. The van der Waals surface area contributed by atoms with Crippen LogP contribution >= 0.6 is 6.72 Å². The average molecular weight is 168 g/mol. The Balaban J connectivity index is 2.51. The fraction of sp³-hybridized carbons (Fsp3) is 1.00. The Labute approximate surface area is 59.2 Å². The van der Waals surface area contributed by atoms with E-state index < -0.39 is 6.72 Å². The molecule has 9 heavy (non-hydrogen) atoms. The van der Waals surface area contributed by atoms with Crippen molar-refractivity contribution in [3.05, 3.63) is 0 Å². The summed E-state index contributed by atoms with van der Waals surface area (Å²) < 4.78 is 9.73. The molecule has 1 aliphatic rings. The summed E-state index contributed by atoms with van der Waals surface area (Å²) >= 11 is 4.59. The predicted octanol–water partition coefficient (Wildman–Crippen LogP) is 1.03. The quantitative estimate of drug-likeness (QED) is 0.548. The van der Waals surface area contributed by atoms with Gasteiger partial charge in [0.15, 0.2) is 0 Å². The van der Waals surface area contributed by atoms with Crippen LogP contribution in [0, 0.1) is 0 Å². The second kappa shape index (κ2) is 2.64. The van der Waals surface area contributed by atoms with Crippen LogP contribution in [-0.4, -0.2) is 17.6 Å². The van der Waals surface area contributed by atoms with Crippen LogP contribution in [0.5, 0.6) is 0 Å². The van der Waals surface area contributed by atoms with Gasteiger partial charge in [-0.3, -0.25) is 0 Å². The van der Waals surface area contributed by atoms with Crippen molar-refractivity contribution < 1.29 is 13.9 Å².